The number of nitrogens with zero attached hydrogens (tertiary/aromatic N) is 1. The number of aldehydes is 1. The van der Waals surface area contributed by atoms with Gasteiger partial charge >= 0.3 is 0 Å². The van der Waals surface area contributed by atoms with E-state index in [2.05, 4.69) is 10.3 Å². The van der Waals surface area contributed by atoms with E-state index in [1.807, 2.05) is 0 Å². The largest absolute Gasteiger partial charge is 0.381 e. The molecule has 2 rings (SSSR count). The molecular formula is C11H14N2O3S. The van der Waals surface area contributed by atoms with E-state index in [1.165, 1.54) is 6.20 Å². The van der Waals surface area contributed by atoms with Crippen LogP contribution in [0.5, 0.6) is 0 Å². The monoisotopic (exact) mass is 254 g/mol. The van der Waals surface area contributed by atoms with E-state index in [1.54, 1.807) is 12.3 Å². The first-order valence-electron chi connectivity index (χ1n) is 5.47. The number of carbonyl (C=O) groups is 1. The normalized spacial score (nSPS) is 22.9. The average Bonchev–Trinajstić information content (AvgIpc) is 2.28. The molecule has 1 aliphatic rings. The smallest absolute Gasteiger partial charge is 0.153 e. The third-order valence-electron chi connectivity index (χ3n) is 2.80. The molecule has 1 N–H and O–H groups in total. The van der Waals surface area contributed by atoms with Gasteiger partial charge in [-0.25, -0.2) is 8.42 Å². The molecule has 0 bridgehead atoms. The van der Waals surface area contributed by atoms with E-state index < -0.39 is 9.84 Å². The first kappa shape index (κ1) is 12.0. The van der Waals surface area contributed by atoms with Crippen LogP contribution >= 0.6 is 0 Å². The van der Waals surface area contributed by atoms with Gasteiger partial charge in [0.2, 0.25) is 0 Å². The lowest BCUT2D eigenvalue weighted by Gasteiger charge is -2.24. The molecule has 1 fully saturated rings. The van der Waals surface area contributed by atoms with Crippen LogP contribution in [0.15, 0.2) is 18.5 Å². The molecular weight excluding hydrogens is 240 g/mol. The van der Waals surface area contributed by atoms with E-state index >= 15 is 0 Å². The second-order valence-corrected chi connectivity index (χ2v) is 6.41. The summed E-state index contributed by atoms with van der Waals surface area (Å²) in [6, 6.07) is 1.57. The molecule has 0 aromatic carbocycles. The van der Waals surface area contributed by atoms with Gasteiger partial charge in [0.25, 0.3) is 0 Å². The molecule has 1 aliphatic heterocycles. The van der Waals surface area contributed by atoms with E-state index in [9.17, 15) is 13.2 Å². The summed E-state index contributed by atoms with van der Waals surface area (Å²) in [5, 5.41) is 3.11. The van der Waals surface area contributed by atoms with Gasteiger partial charge in [-0.2, -0.15) is 0 Å². The Labute approximate surface area is 100 Å². The first-order valence-corrected chi connectivity index (χ1v) is 7.29. The Bertz CT molecular complexity index is 513. The van der Waals surface area contributed by atoms with Crippen molar-refractivity contribution in [3.63, 3.8) is 0 Å². The highest BCUT2D eigenvalue weighted by Crippen LogP contribution is 2.19. The van der Waals surface area contributed by atoms with Crippen molar-refractivity contribution in [1.29, 1.82) is 0 Å². The number of sulfone groups is 1. The van der Waals surface area contributed by atoms with Crippen molar-refractivity contribution in [2.45, 2.75) is 18.9 Å². The number of hydrogen-bond donors (Lipinski definition) is 1. The lowest BCUT2D eigenvalue weighted by molar-refractivity contribution is 0.112. The van der Waals surface area contributed by atoms with E-state index in [0.29, 0.717) is 24.0 Å². The summed E-state index contributed by atoms with van der Waals surface area (Å²) in [7, 11) is -2.94. The van der Waals surface area contributed by atoms with Crippen LogP contribution in [0.4, 0.5) is 5.69 Å². The number of rotatable bonds is 3. The highest BCUT2D eigenvalue weighted by atomic mass is 32.2. The molecule has 1 unspecified atom stereocenters. The fraction of sp³-hybridized carbons (Fsp3) is 0.455. The van der Waals surface area contributed by atoms with E-state index in [-0.39, 0.29) is 17.5 Å². The summed E-state index contributed by atoms with van der Waals surface area (Å²) in [4.78, 5) is 14.6. The van der Waals surface area contributed by atoms with Crippen molar-refractivity contribution in [1.82, 2.24) is 4.98 Å². The van der Waals surface area contributed by atoms with Crippen molar-refractivity contribution >= 4 is 21.8 Å². The molecule has 0 saturated carbocycles. The second kappa shape index (κ2) is 4.83. The lowest BCUT2D eigenvalue weighted by atomic mass is 10.1. The van der Waals surface area contributed by atoms with Crippen molar-refractivity contribution in [3.05, 3.63) is 24.0 Å². The minimum absolute atomic E-state index is 0.116. The fourth-order valence-electron chi connectivity index (χ4n) is 1.99. The van der Waals surface area contributed by atoms with Crippen molar-refractivity contribution < 1.29 is 13.2 Å². The summed E-state index contributed by atoms with van der Waals surface area (Å²) in [6.45, 7) is 0. The SMILES string of the molecule is O=Cc1cnccc1NC1CCCS(=O)(=O)C1. The van der Waals surface area contributed by atoms with Crippen LogP contribution in [-0.2, 0) is 9.84 Å². The number of carbonyl (C=O) groups excluding carboxylic acids is 1. The predicted molar refractivity (Wildman–Crippen MR) is 64.9 cm³/mol. The molecule has 0 radical (unpaired) electrons. The number of aromatic nitrogens is 1. The Hall–Kier alpha value is -1.43. The summed E-state index contributed by atoms with van der Waals surface area (Å²) < 4.78 is 23.0. The van der Waals surface area contributed by atoms with Crippen LogP contribution in [0.25, 0.3) is 0 Å². The van der Waals surface area contributed by atoms with Gasteiger partial charge in [0.1, 0.15) is 0 Å². The van der Waals surface area contributed by atoms with Gasteiger partial charge in [-0.1, -0.05) is 0 Å². The maximum Gasteiger partial charge on any atom is 0.153 e. The van der Waals surface area contributed by atoms with Crippen LogP contribution in [0.3, 0.4) is 0 Å². The van der Waals surface area contributed by atoms with Crippen molar-refractivity contribution in [2.24, 2.45) is 0 Å². The molecule has 92 valence electrons. The Kier molecular flexibility index (Phi) is 3.42. The zero-order valence-corrected chi connectivity index (χ0v) is 10.1. The summed E-state index contributed by atoms with van der Waals surface area (Å²) in [5.41, 5.74) is 1.10. The Morgan fingerprint density at radius 1 is 1.47 bits per heavy atom. The number of hydrogen-bond acceptors (Lipinski definition) is 5. The van der Waals surface area contributed by atoms with Gasteiger partial charge in [-0.05, 0) is 18.9 Å². The minimum Gasteiger partial charge on any atom is -0.381 e. The molecule has 1 atom stereocenters. The summed E-state index contributed by atoms with van der Waals surface area (Å²) >= 11 is 0. The maximum atomic E-state index is 11.5. The molecule has 1 aromatic rings. The summed E-state index contributed by atoms with van der Waals surface area (Å²) in [5.74, 6) is 0.398. The van der Waals surface area contributed by atoms with Crippen molar-refractivity contribution in [3.8, 4) is 0 Å². The topological polar surface area (TPSA) is 76.1 Å². The maximum absolute atomic E-state index is 11.5. The van der Waals surface area contributed by atoms with Crippen molar-refractivity contribution in [2.75, 3.05) is 16.8 Å². The molecule has 0 spiro atoms. The zero-order valence-electron chi connectivity index (χ0n) is 9.30. The molecule has 0 aliphatic carbocycles. The molecule has 6 heteroatoms. The lowest BCUT2D eigenvalue weighted by Crippen LogP contribution is -2.35. The van der Waals surface area contributed by atoms with Gasteiger partial charge in [0.05, 0.1) is 17.1 Å². The van der Waals surface area contributed by atoms with Gasteiger partial charge in [0, 0.05) is 24.1 Å². The minimum atomic E-state index is -2.94. The fourth-order valence-corrected chi connectivity index (χ4v) is 3.62. The third-order valence-corrected chi connectivity index (χ3v) is 4.62. The quantitative estimate of drug-likeness (QED) is 0.810. The molecule has 1 saturated heterocycles. The predicted octanol–water partition coefficient (Wildman–Crippen LogP) is 0.883. The van der Waals surface area contributed by atoms with Gasteiger partial charge < -0.3 is 5.32 Å². The number of pyridine rings is 1. The Morgan fingerprint density at radius 3 is 3.00 bits per heavy atom. The highest BCUT2D eigenvalue weighted by Gasteiger charge is 2.24. The Balaban J connectivity index is 2.13. The van der Waals surface area contributed by atoms with Crippen LogP contribution in [0, 0.1) is 0 Å². The molecule has 1 aromatic heterocycles. The molecule has 17 heavy (non-hydrogen) atoms. The third kappa shape index (κ3) is 3.03. The Morgan fingerprint density at radius 2 is 2.29 bits per heavy atom. The van der Waals surface area contributed by atoms with Crippen LogP contribution in [-0.4, -0.2) is 37.2 Å². The van der Waals surface area contributed by atoms with Crippen LogP contribution in [0.1, 0.15) is 23.2 Å². The number of nitrogens with one attached hydrogen (secondary N) is 1. The highest BCUT2D eigenvalue weighted by molar-refractivity contribution is 7.91. The second-order valence-electron chi connectivity index (χ2n) is 4.18. The van der Waals surface area contributed by atoms with Crippen LogP contribution < -0.4 is 5.32 Å². The standard InChI is InChI=1S/C11H14N2O3S/c14-7-9-6-12-4-3-11(9)13-10-2-1-5-17(15,16)8-10/h3-4,6-7,10H,1-2,5,8H2,(H,12,13). The van der Waals surface area contributed by atoms with Gasteiger partial charge in [-0.15, -0.1) is 0 Å². The number of anilines is 1. The van der Waals surface area contributed by atoms with Gasteiger partial charge in [-0.3, -0.25) is 9.78 Å². The first-order chi connectivity index (χ1) is 8.11. The average molecular weight is 254 g/mol. The van der Waals surface area contributed by atoms with E-state index in [4.69, 9.17) is 0 Å². The van der Waals surface area contributed by atoms with E-state index in [0.717, 1.165) is 6.42 Å². The zero-order chi connectivity index (χ0) is 12.3. The molecule has 2 heterocycles. The molecule has 5 nitrogen and oxygen atoms in total. The van der Waals surface area contributed by atoms with Gasteiger partial charge in [0.15, 0.2) is 16.1 Å². The molecule has 0 amide bonds. The summed E-state index contributed by atoms with van der Waals surface area (Å²) in [6.07, 6.45) is 5.23. The van der Waals surface area contributed by atoms with Crippen LogP contribution in [0.2, 0.25) is 0 Å².